The Bertz CT molecular complexity index is 1210. The second-order valence-electron chi connectivity index (χ2n) is 8.25. The molecule has 9 heteroatoms. The summed E-state index contributed by atoms with van der Waals surface area (Å²) in [5.74, 6) is 2.56. The minimum atomic E-state index is 0.0689. The van der Waals surface area contributed by atoms with E-state index in [4.69, 9.17) is 4.74 Å². The van der Waals surface area contributed by atoms with Crippen molar-refractivity contribution in [1.82, 2.24) is 29.5 Å². The number of aromatic amines is 1. The SMILES string of the molecule is CC(C)Oc1cc2c(-c3ccnc(N4CCN(SCc5ccncc5)CC4)c3)n[nH]c2cn1. The number of H-pyrrole nitrogens is 1. The number of ether oxygens (including phenoxy) is 1. The summed E-state index contributed by atoms with van der Waals surface area (Å²) in [7, 11) is 0. The van der Waals surface area contributed by atoms with Gasteiger partial charge in [0.1, 0.15) is 11.5 Å². The number of fused-ring (bicyclic) bond motifs is 1. The van der Waals surface area contributed by atoms with Crippen LogP contribution in [-0.2, 0) is 5.75 Å². The molecule has 1 saturated heterocycles. The van der Waals surface area contributed by atoms with Crippen LogP contribution in [0, 0.1) is 0 Å². The van der Waals surface area contributed by atoms with Gasteiger partial charge < -0.3 is 9.64 Å². The summed E-state index contributed by atoms with van der Waals surface area (Å²) >= 11 is 1.88. The molecule has 0 unspecified atom stereocenters. The van der Waals surface area contributed by atoms with Crippen LogP contribution < -0.4 is 9.64 Å². The van der Waals surface area contributed by atoms with Gasteiger partial charge in [0, 0.05) is 67.5 Å². The fourth-order valence-corrected chi connectivity index (χ4v) is 4.80. The van der Waals surface area contributed by atoms with Gasteiger partial charge in [0.15, 0.2) is 0 Å². The third kappa shape index (κ3) is 5.09. The minimum Gasteiger partial charge on any atom is -0.475 e. The molecule has 170 valence electrons. The van der Waals surface area contributed by atoms with Gasteiger partial charge in [-0.25, -0.2) is 14.3 Å². The third-order valence-corrected chi connectivity index (χ3v) is 6.72. The van der Waals surface area contributed by atoms with Gasteiger partial charge in [-0.15, -0.1) is 0 Å². The Morgan fingerprint density at radius 2 is 1.85 bits per heavy atom. The van der Waals surface area contributed by atoms with E-state index >= 15 is 0 Å². The summed E-state index contributed by atoms with van der Waals surface area (Å²) in [5.41, 5.74) is 4.10. The smallest absolute Gasteiger partial charge is 0.214 e. The number of pyridine rings is 3. The summed E-state index contributed by atoms with van der Waals surface area (Å²) < 4.78 is 8.21. The molecule has 8 nitrogen and oxygen atoms in total. The molecule has 0 amide bonds. The Hall–Kier alpha value is -3.17. The quantitative estimate of drug-likeness (QED) is 0.411. The first-order valence-electron chi connectivity index (χ1n) is 11.1. The maximum absolute atomic E-state index is 5.78. The lowest BCUT2D eigenvalue weighted by atomic mass is 10.1. The van der Waals surface area contributed by atoms with Crippen molar-refractivity contribution < 1.29 is 4.74 Å². The summed E-state index contributed by atoms with van der Waals surface area (Å²) in [4.78, 5) is 15.4. The zero-order valence-electron chi connectivity index (χ0n) is 18.8. The fourth-order valence-electron chi connectivity index (χ4n) is 3.85. The molecule has 33 heavy (non-hydrogen) atoms. The fraction of sp³-hybridized carbons (Fsp3) is 0.333. The predicted octanol–water partition coefficient (Wildman–Crippen LogP) is 4.17. The number of anilines is 1. The molecule has 5 heterocycles. The highest BCUT2D eigenvalue weighted by Crippen LogP contribution is 2.30. The van der Waals surface area contributed by atoms with Gasteiger partial charge in [0.05, 0.1) is 17.8 Å². The minimum absolute atomic E-state index is 0.0689. The first kappa shape index (κ1) is 21.7. The molecule has 0 radical (unpaired) electrons. The number of piperazine rings is 1. The van der Waals surface area contributed by atoms with Crippen molar-refractivity contribution in [2.75, 3.05) is 31.1 Å². The molecule has 5 rings (SSSR count). The molecular weight excluding hydrogens is 434 g/mol. The van der Waals surface area contributed by atoms with Crippen molar-refractivity contribution in [3.8, 4) is 17.1 Å². The van der Waals surface area contributed by atoms with Crippen molar-refractivity contribution in [2.45, 2.75) is 25.7 Å². The topological polar surface area (TPSA) is 83.1 Å². The number of hydrogen-bond donors (Lipinski definition) is 1. The molecule has 1 aliphatic heterocycles. The predicted molar refractivity (Wildman–Crippen MR) is 132 cm³/mol. The number of nitrogens with one attached hydrogen (secondary N) is 1. The summed E-state index contributed by atoms with van der Waals surface area (Å²) in [6.45, 7) is 7.86. The second-order valence-corrected chi connectivity index (χ2v) is 9.32. The van der Waals surface area contributed by atoms with Gasteiger partial charge in [0.25, 0.3) is 0 Å². The van der Waals surface area contributed by atoms with Crippen LogP contribution in [0.4, 0.5) is 5.82 Å². The highest BCUT2D eigenvalue weighted by Gasteiger charge is 2.20. The summed E-state index contributed by atoms with van der Waals surface area (Å²) in [5, 5.41) is 8.63. The van der Waals surface area contributed by atoms with Crippen LogP contribution in [0.1, 0.15) is 19.4 Å². The molecule has 4 aromatic rings. The maximum atomic E-state index is 5.78. The van der Waals surface area contributed by atoms with Gasteiger partial charge in [-0.1, -0.05) is 11.9 Å². The van der Waals surface area contributed by atoms with E-state index in [1.807, 2.05) is 56.5 Å². The van der Waals surface area contributed by atoms with Gasteiger partial charge in [-0.05, 0) is 43.7 Å². The molecule has 0 aromatic carbocycles. The van der Waals surface area contributed by atoms with E-state index in [1.54, 1.807) is 6.20 Å². The largest absolute Gasteiger partial charge is 0.475 e. The van der Waals surface area contributed by atoms with Crippen LogP contribution in [0.15, 0.2) is 55.1 Å². The highest BCUT2D eigenvalue weighted by atomic mass is 32.2. The van der Waals surface area contributed by atoms with Crippen molar-refractivity contribution in [2.24, 2.45) is 0 Å². The van der Waals surface area contributed by atoms with Crippen molar-refractivity contribution in [1.29, 1.82) is 0 Å². The first-order valence-corrected chi connectivity index (χ1v) is 12.1. The van der Waals surface area contributed by atoms with E-state index in [1.165, 1.54) is 5.56 Å². The summed E-state index contributed by atoms with van der Waals surface area (Å²) in [6.07, 6.45) is 7.41. The van der Waals surface area contributed by atoms with Crippen LogP contribution in [-0.4, -0.2) is 61.7 Å². The van der Waals surface area contributed by atoms with Crippen LogP contribution in [0.25, 0.3) is 22.2 Å². The molecule has 0 bridgehead atoms. The Morgan fingerprint density at radius 1 is 1.03 bits per heavy atom. The van der Waals surface area contributed by atoms with E-state index < -0.39 is 0 Å². The lowest BCUT2D eigenvalue weighted by Crippen LogP contribution is -2.43. The van der Waals surface area contributed by atoms with Crippen molar-refractivity contribution in [3.05, 3.63) is 60.7 Å². The average molecular weight is 462 g/mol. The highest BCUT2D eigenvalue weighted by molar-refractivity contribution is 7.96. The molecule has 1 fully saturated rings. The van der Waals surface area contributed by atoms with E-state index in [9.17, 15) is 0 Å². The Morgan fingerprint density at radius 3 is 2.64 bits per heavy atom. The van der Waals surface area contributed by atoms with E-state index in [2.05, 4.69) is 52.6 Å². The number of nitrogens with zero attached hydrogens (tertiary/aromatic N) is 6. The number of aromatic nitrogens is 5. The normalized spacial score (nSPS) is 14.8. The Labute approximate surface area is 197 Å². The first-order chi connectivity index (χ1) is 16.2. The molecule has 1 aliphatic rings. The molecule has 0 saturated carbocycles. The zero-order chi connectivity index (χ0) is 22.6. The van der Waals surface area contributed by atoms with E-state index in [-0.39, 0.29) is 6.10 Å². The monoisotopic (exact) mass is 461 g/mol. The number of rotatable bonds is 7. The molecule has 1 N–H and O–H groups in total. The lowest BCUT2D eigenvalue weighted by Gasteiger charge is -2.34. The maximum Gasteiger partial charge on any atom is 0.214 e. The van der Waals surface area contributed by atoms with Gasteiger partial charge in [-0.3, -0.25) is 10.1 Å². The molecular formula is C24H27N7OS. The third-order valence-electron chi connectivity index (χ3n) is 5.52. The Kier molecular flexibility index (Phi) is 6.41. The molecule has 0 aliphatic carbocycles. The molecule has 0 spiro atoms. The van der Waals surface area contributed by atoms with Gasteiger partial charge in [0.2, 0.25) is 5.88 Å². The number of hydrogen-bond acceptors (Lipinski definition) is 8. The van der Waals surface area contributed by atoms with Crippen LogP contribution in [0.3, 0.4) is 0 Å². The zero-order valence-corrected chi connectivity index (χ0v) is 19.6. The second kappa shape index (κ2) is 9.76. The summed E-state index contributed by atoms with van der Waals surface area (Å²) in [6, 6.07) is 10.2. The van der Waals surface area contributed by atoms with Crippen molar-refractivity contribution >= 4 is 28.7 Å². The van der Waals surface area contributed by atoms with Crippen LogP contribution in [0.5, 0.6) is 5.88 Å². The van der Waals surface area contributed by atoms with Gasteiger partial charge in [-0.2, -0.15) is 5.10 Å². The van der Waals surface area contributed by atoms with Crippen LogP contribution >= 0.6 is 11.9 Å². The molecule has 0 atom stereocenters. The average Bonchev–Trinajstić information content (AvgIpc) is 3.27. The Balaban J connectivity index is 1.27. The van der Waals surface area contributed by atoms with E-state index in [0.29, 0.717) is 5.88 Å². The van der Waals surface area contributed by atoms with Crippen LogP contribution in [0.2, 0.25) is 0 Å². The van der Waals surface area contributed by atoms with E-state index in [0.717, 1.165) is 59.9 Å². The standard InChI is InChI=1S/C24H27N7OS/c1-17(2)32-23-14-20-21(15-27-23)28-29-24(20)19-5-8-26-22(13-19)30-9-11-31(12-10-30)33-16-18-3-6-25-7-4-18/h3-8,13-15,17H,9-12,16H2,1-2H3,(H,28,29). The van der Waals surface area contributed by atoms with Gasteiger partial charge >= 0.3 is 0 Å². The molecule has 4 aromatic heterocycles. The van der Waals surface area contributed by atoms with Crippen molar-refractivity contribution in [3.63, 3.8) is 0 Å². The lowest BCUT2D eigenvalue weighted by molar-refractivity contribution is 0.233.